The Kier molecular flexibility index (Phi) is 2.71. The van der Waals surface area contributed by atoms with Crippen molar-refractivity contribution in [2.24, 2.45) is 0 Å². The summed E-state index contributed by atoms with van der Waals surface area (Å²) in [6, 6.07) is 0. The zero-order valence-electron chi connectivity index (χ0n) is 10.1. The molecule has 0 aliphatic heterocycles. The van der Waals surface area contributed by atoms with E-state index in [9.17, 15) is 0 Å². The van der Waals surface area contributed by atoms with Gasteiger partial charge in [0.25, 0.3) is 0 Å². The highest BCUT2D eigenvalue weighted by molar-refractivity contribution is 5.78. The van der Waals surface area contributed by atoms with Crippen molar-refractivity contribution >= 4 is 11.2 Å². The van der Waals surface area contributed by atoms with Crippen molar-refractivity contribution in [2.45, 2.75) is 38.0 Å². The van der Waals surface area contributed by atoms with Gasteiger partial charge in [0, 0.05) is 12.1 Å². The summed E-state index contributed by atoms with van der Waals surface area (Å²) in [6.07, 6.45) is 10.2. The molecular weight excluding hydrogens is 214 g/mol. The molecule has 0 amide bonds. The molecule has 1 saturated carbocycles. The van der Waals surface area contributed by atoms with Gasteiger partial charge in [-0.2, -0.15) is 0 Å². The number of fused-ring (bicyclic) bond motifs is 1. The molecule has 3 rings (SSSR count). The van der Waals surface area contributed by atoms with Crippen molar-refractivity contribution in [2.75, 3.05) is 7.11 Å². The van der Waals surface area contributed by atoms with Crippen LogP contribution < -0.4 is 4.74 Å². The van der Waals surface area contributed by atoms with Crippen LogP contribution in [0.4, 0.5) is 0 Å². The summed E-state index contributed by atoms with van der Waals surface area (Å²) in [7, 11) is 1.66. The first-order chi connectivity index (χ1) is 8.38. The highest BCUT2D eigenvalue weighted by Gasteiger charge is 2.18. The van der Waals surface area contributed by atoms with E-state index in [0.29, 0.717) is 5.92 Å². The number of aromatic nitrogens is 3. The van der Waals surface area contributed by atoms with Crippen LogP contribution in [0.1, 0.15) is 43.7 Å². The Morgan fingerprint density at radius 1 is 1.29 bits per heavy atom. The molecule has 90 valence electrons. The second-order valence-corrected chi connectivity index (χ2v) is 4.68. The van der Waals surface area contributed by atoms with Crippen molar-refractivity contribution in [3.8, 4) is 5.75 Å². The number of methoxy groups -OCH3 is 1. The van der Waals surface area contributed by atoms with Crippen LogP contribution in [0, 0.1) is 0 Å². The molecule has 0 radical (unpaired) electrons. The number of nitrogens with zero attached hydrogens (tertiary/aromatic N) is 2. The summed E-state index contributed by atoms with van der Waals surface area (Å²) < 4.78 is 5.28. The van der Waals surface area contributed by atoms with Gasteiger partial charge in [0.1, 0.15) is 5.52 Å². The Morgan fingerprint density at radius 3 is 2.88 bits per heavy atom. The zero-order chi connectivity index (χ0) is 11.7. The Bertz CT molecular complexity index is 514. The van der Waals surface area contributed by atoms with E-state index in [1.54, 1.807) is 7.11 Å². The van der Waals surface area contributed by atoms with Crippen LogP contribution in [0.3, 0.4) is 0 Å². The number of nitrogens with one attached hydrogen (secondary N) is 1. The van der Waals surface area contributed by atoms with Crippen LogP contribution in [0.2, 0.25) is 0 Å². The maximum atomic E-state index is 5.28. The first-order valence-electron chi connectivity index (χ1n) is 6.26. The average molecular weight is 231 g/mol. The van der Waals surface area contributed by atoms with Gasteiger partial charge >= 0.3 is 0 Å². The van der Waals surface area contributed by atoms with E-state index in [2.05, 4.69) is 9.97 Å². The summed E-state index contributed by atoms with van der Waals surface area (Å²) in [5.74, 6) is 1.37. The molecule has 0 bridgehead atoms. The predicted octanol–water partition coefficient (Wildman–Crippen LogP) is 3.01. The van der Waals surface area contributed by atoms with Gasteiger partial charge in [-0.15, -0.1) is 0 Å². The van der Waals surface area contributed by atoms with E-state index >= 15 is 0 Å². The molecule has 0 aromatic carbocycles. The van der Waals surface area contributed by atoms with E-state index in [4.69, 9.17) is 9.72 Å². The van der Waals surface area contributed by atoms with Crippen LogP contribution >= 0.6 is 0 Å². The summed E-state index contributed by atoms with van der Waals surface area (Å²) in [5, 5.41) is 0. The van der Waals surface area contributed by atoms with Crippen molar-refractivity contribution in [1.29, 1.82) is 0 Å². The molecular formula is C13H17N3O. The molecule has 1 aliphatic rings. The minimum Gasteiger partial charge on any atom is -0.493 e. The fourth-order valence-corrected chi connectivity index (χ4v) is 2.63. The summed E-state index contributed by atoms with van der Waals surface area (Å²) >= 11 is 0. The molecule has 0 unspecified atom stereocenters. The molecule has 1 aliphatic carbocycles. The molecule has 1 N–H and O–H groups in total. The van der Waals surface area contributed by atoms with Gasteiger partial charge in [-0.1, -0.05) is 19.3 Å². The fraction of sp³-hybridized carbons (Fsp3) is 0.538. The molecule has 1 fully saturated rings. The van der Waals surface area contributed by atoms with E-state index in [1.165, 1.54) is 32.1 Å². The maximum Gasteiger partial charge on any atom is 0.164 e. The van der Waals surface area contributed by atoms with Crippen molar-refractivity contribution in [1.82, 2.24) is 15.0 Å². The van der Waals surface area contributed by atoms with Crippen LogP contribution in [-0.2, 0) is 0 Å². The Balaban J connectivity index is 1.99. The highest BCUT2D eigenvalue weighted by Crippen LogP contribution is 2.32. The van der Waals surface area contributed by atoms with Gasteiger partial charge in [-0.25, -0.2) is 9.97 Å². The van der Waals surface area contributed by atoms with Gasteiger partial charge in [0.05, 0.1) is 19.0 Å². The highest BCUT2D eigenvalue weighted by atomic mass is 16.5. The summed E-state index contributed by atoms with van der Waals surface area (Å²) in [6.45, 7) is 0. The third kappa shape index (κ3) is 1.88. The van der Waals surface area contributed by atoms with Crippen LogP contribution in [0.15, 0.2) is 12.4 Å². The number of hydrogen-bond acceptors (Lipinski definition) is 3. The molecule has 17 heavy (non-hydrogen) atoms. The van der Waals surface area contributed by atoms with Gasteiger partial charge in [-0.05, 0) is 12.8 Å². The fourth-order valence-electron chi connectivity index (χ4n) is 2.63. The number of H-pyrrole nitrogens is 1. The molecule has 2 aromatic heterocycles. The largest absolute Gasteiger partial charge is 0.493 e. The van der Waals surface area contributed by atoms with Crippen molar-refractivity contribution in [3.63, 3.8) is 0 Å². The quantitative estimate of drug-likeness (QED) is 0.864. The third-order valence-corrected chi connectivity index (χ3v) is 3.61. The number of rotatable bonds is 2. The Hall–Kier alpha value is -1.58. The third-order valence-electron chi connectivity index (χ3n) is 3.61. The number of ether oxygens (including phenoxy) is 1. The average Bonchev–Trinajstić information content (AvgIpc) is 2.81. The molecule has 4 heteroatoms. The van der Waals surface area contributed by atoms with Crippen LogP contribution in [0.5, 0.6) is 5.75 Å². The molecule has 0 atom stereocenters. The normalized spacial score (nSPS) is 17.5. The number of aromatic amines is 1. The smallest absolute Gasteiger partial charge is 0.164 e. The minimum absolute atomic E-state index is 0.584. The zero-order valence-corrected chi connectivity index (χ0v) is 10.1. The Morgan fingerprint density at radius 2 is 2.12 bits per heavy atom. The first-order valence-corrected chi connectivity index (χ1v) is 6.26. The Labute approximate surface area is 100 Å². The molecule has 4 nitrogen and oxygen atoms in total. The lowest BCUT2D eigenvalue weighted by Crippen LogP contribution is -2.07. The van der Waals surface area contributed by atoms with Crippen molar-refractivity contribution < 1.29 is 4.74 Å². The van der Waals surface area contributed by atoms with Crippen LogP contribution in [0.25, 0.3) is 11.2 Å². The lowest BCUT2D eigenvalue weighted by Gasteiger charge is -2.20. The van der Waals surface area contributed by atoms with Crippen molar-refractivity contribution in [3.05, 3.63) is 18.1 Å². The van der Waals surface area contributed by atoms with Crippen LogP contribution in [-0.4, -0.2) is 22.1 Å². The SMILES string of the molecule is COc1c[nH]c2ncc(C3CCCCC3)nc12. The summed E-state index contributed by atoms with van der Waals surface area (Å²) in [4.78, 5) is 12.2. The van der Waals surface area contributed by atoms with E-state index < -0.39 is 0 Å². The lowest BCUT2D eigenvalue weighted by atomic mass is 9.87. The standard InChI is InChI=1S/C13H17N3O/c1-17-11-8-15-13-12(11)16-10(7-14-13)9-5-3-2-4-6-9/h7-9H,2-6H2,1H3,(H,14,15). The number of hydrogen-bond donors (Lipinski definition) is 1. The maximum absolute atomic E-state index is 5.28. The van der Waals surface area contributed by atoms with Gasteiger partial charge in [0.2, 0.25) is 0 Å². The molecule has 0 spiro atoms. The van der Waals surface area contributed by atoms with Gasteiger partial charge in [0.15, 0.2) is 11.4 Å². The van der Waals surface area contributed by atoms with E-state index in [1.807, 2.05) is 12.4 Å². The predicted molar refractivity (Wildman–Crippen MR) is 66.3 cm³/mol. The first kappa shape index (κ1) is 10.6. The topological polar surface area (TPSA) is 50.8 Å². The second-order valence-electron chi connectivity index (χ2n) is 4.68. The monoisotopic (exact) mass is 231 g/mol. The molecule has 2 heterocycles. The lowest BCUT2D eigenvalue weighted by molar-refractivity contribution is 0.417. The second kappa shape index (κ2) is 4.35. The molecule has 2 aromatic rings. The summed E-state index contributed by atoms with van der Waals surface area (Å²) in [5.41, 5.74) is 2.78. The molecule has 0 saturated heterocycles. The van der Waals surface area contributed by atoms with Gasteiger partial charge in [-0.3, -0.25) is 0 Å². The van der Waals surface area contributed by atoms with Gasteiger partial charge < -0.3 is 9.72 Å². The van der Waals surface area contributed by atoms with E-state index in [-0.39, 0.29) is 0 Å². The van der Waals surface area contributed by atoms with E-state index in [0.717, 1.165) is 22.6 Å². The minimum atomic E-state index is 0.584.